The van der Waals surface area contributed by atoms with Gasteiger partial charge in [-0.3, -0.25) is 9.59 Å². The zero-order valence-corrected chi connectivity index (χ0v) is 15.5. The molecule has 0 spiro atoms. The third-order valence-corrected chi connectivity index (χ3v) is 4.72. The summed E-state index contributed by atoms with van der Waals surface area (Å²) in [4.78, 5) is 26.3. The van der Waals surface area contributed by atoms with E-state index in [2.05, 4.69) is 5.32 Å². The summed E-state index contributed by atoms with van der Waals surface area (Å²) in [6.07, 6.45) is 0.784. The predicted molar refractivity (Wildman–Crippen MR) is 109 cm³/mol. The van der Waals surface area contributed by atoms with Crippen molar-refractivity contribution in [2.75, 3.05) is 16.8 Å². The second kappa shape index (κ2) is 7.56. The lowest BCUT2D eigenvalue weighted by atomic mass is 10.1. The van der Waals surface area contributed by atoms with Crippen LogP contribution in [0.15, 0.2) is 72.8 Å². The third-order valence-electron chi connectivity index (χ3n) is 4.72. The van der Waals surface area contributed by atoms with Crippen molar-refractivity contribution in [3.63, 3.8) is 0 Å². The number of carbonyl (C=O) groups excluding carboxylic acids is 2. The lowest BCUT2D eigenvalue weighted by Gasteiger charge is -2.15. The first kappa shape index (κ1) is 17.8. The number of anilines is 2. The molecule has 3 aromatic rings. The number of hydrogen-bond donors (Lipinski definition) is 1. The van der Waals surface area contributed by atoms with Gasteiger partial charge in [-0.1, -0.05) is 30.3 Å². The van der Waals surface area contributed by atoms with E-state index in [0.717, 1.165) is 17.7 Å². The second-order valence-electron chi connectivity index (χ2n) is 6.63. The Hall–Kier alpha value is -3.60. The standard InChI is InChI=1S/C23H20N2O3/c1-16(26)25-14-13-17-15-18(11-12-21(17)25)24-23(27)20-9-5-6-10-22(20)28-19-7-3-2-4-8-19/h2-12,15H,13-14H2,1H3,(H,24,27). The van der Waals surface area contributed by atoms with Crippen LogP contribution >= 0.6 is 0 Å². The van der Waals surface area contributed by atoms with Crippen molar-refractivity contribution >= 4 is 23.2 Å². The molecule has 0 fully saturated rings. The highest BCUT2D eigenvalue weighted by Gasteiger charge is 2.22. The molecule has 1 aliphatic rings. The van der Waals surface area contributed by atoms with E-state index < -0.39 is 0 Å². The lowest BCUT2D eigenvalue weighted by molar-refractivity contribution is -0.116. The average Bonchev–Trinajstić information content (AvgIpc) is 3.13. The number of nitrogens with zero attached hydrogens (tertiary/aromatic N) is 1. The summed E-state index contributed by atoms with van der Waals surface area (Å²) in [5, 5.41) is 2.94. The van der Waals surface area contributed by atoms with Crippen LogP contribution in [0.4, 0.5) is 11.4 Å². The molecule has 1 heterocycles. The van der Waals surface area contributed by atoms with Gasteiger partial charge in [0.15, 0.2) is 0 Å². The highest BCUT2D eigenvalue weighted by atomic mass is 16.5. The highest BCUT2D eigenvalue weighted by molar-refractivity contribution is 6.06. The number of para-hydroxylation sites is 2. The Bertz CT molecular complexity index is 1030. The SMILES string of the molecule is CC(=O)N1CCc2cc(NC(=O)c3ccccc3Oc3ccccc3)ccc21. The summed E-state index contributed by atoms with van der Waals surface area (Å²) < 4.78 is 5.88. The molecule has 0 atom stereocenters. The topological polar surface area (TPSA) is 58.6 Å². The van der Waals surface area contributed by atoms with E-state index in [1.54, 1.807) is 30.0 Å². The quantitative estimate of drug-likeness (QED) is 0.726. The molecule has 0 bridgehead atoms. The van der Waals surface area contributed by atoms with Crippen molar-refractivity contribution in [1.82, 2.24) is 0 Å². The Labute approximate surface area is 163 Å². The van der Waals surface area contributed by atoms with Crippen molar-refractivity contribution in [1.29, 1.82) is 0 Å². The first-order chi connectivity index (χ1) is 13.6. The summed E-state index contributed by atoms with van der Waals surface area (Å²) in [5.41, 5.74) is 3.13. The van der Waals surface area contributed by atoms with Crippen LogP contribution in [0, 0.1) is 0 Å². The largest absolute Gasteiger partial charge is 0.457 e. The zero-order valence-electron chi connectivity index (χ0n) is 15.5. The van der Waals surface area contributed by atoms with Crippen molar-refractivity contribution in [2.24, 2.45) is 0 Å². The lowest BCUT2D eigenvalue weighted by Crippen LogP contribution is -2.25. The number of nitrogens with one attached hydrogen (secondary N) is 1. The minimum Gasteiger partial charge on any atom is -0.457 e. The molecule has 0 aromatic heterocycles. The molecule has 4 rings (SSSR count). The molecule has 0 aliphatic carbocycles. The smallest absolute Gasteiger partial charge is 0.259 e. The van der Waals surface area contributed by atoms with Crippen LogP contribution < -0.4 is 15.0 Å². The molecule has 28 heavy (non-hydrogen) atoms. The molecule has 140 valence electrons. The molecule has 1 N–H and O–H groups in total. The predicted octanol–water partition coefficient (Wildman–Crippen LogP) is 4.64. The fourth-order valence-corrected chi connectivity index (χ4v) is 3.36. The maximum Gasteiger partial charge on any atom is 0.259 e. The van der Waals surface area contributed by atoms with E-state index in [4.69, 9.17) is 4.74 Å². The Morgan fingerprint density at radius 1 is 0.964 bits per heavy atom. The first-order valence-corrected chi connectivity index (χ1v) is 9.16. The number of rotatable bonds is 4. The second-order valence-corrected chi connectivity index (χ2v) is 6.63. The minimum absolute atomic E-state index is 0.0301. The van der Waals surface area contributed by atoms with Gasteiger partial charge in [0.1, 0.15) is 11.5 Å². The molecule has 5 nitrogen and oxygen atoms in total. The fraction of sp³-hybridized carbons (Fsp3) is 0.130. The summed E-state index contributed by atoms with van der Waals surface area (Å²) in [6.45, 7) is 2.24. The molecule has 2 amide bonds. The number of ether oxygens (including phenoxy) is 1. The van der Waals surface area contributed by atoms with Crippen LogP contribution in [0.3, 0.4) is 0 Å². The van der Waals surface area contributed by atoms with Crippen molar-refractivity contribution in [3.05, 3.63) is 83.9 Å². The van der Waals surface area contributed by atoms with E-state index in [9.17, 15) is 9.59 Å². The number of amides is 2. The molecule has 0 unspecified atom stereocenters. The maximum atomic E-state index is 12.8. The molecular weight excluding hydrogens is 352 g/mol. The summed E-state index contributed by atoms with van der Waals surface area (Å²) >= 11 is 0. The number of hydrogen-bond acceptors (Lipinski definition) is 3. The van der Waals surface area contributed by atoms with Gasteiger partial charge >= 0.3 is 0 Å². The normalized spacial score (nSPS) is 12.4. The molecule has 5 heteroatoms. The Balaban J connectivity index is 1.54. The van der Waals surface area contributed by atoms with E-state index >= 15 is 0 Å². The van der Waals surface area contributed by atoms with Crippen LogP contribution in [0.1, 0.15) is 22.8 Å². The van der Waals surface area contributed by atoms with Crippen molar-refractivity contribution in [3.8, 4) is 11.5 Å². The molecular formula is C23H20N2O3. The van der Waals surface area contributed by atoms with E-state index in [-0.39, 0.29) is 11.8 Å². The molecule has 1 aliphatic heterocycles. The number of fused-ring (bicyclic) bond motifs is 1. The number of benzene rings is 3. The monoisotopic (exact) mass is 372 g/mol. The Morgan fingerprint density at radius 2 is 1.71 bits per heavy atom. The van der Waals surface area contributed by atoms with Crippen LogP contribution in [0.5, 0.6) is 11.5 Å². The summed E-state index contributed by atoms with van der Waals surface area (Å²) in [7, 11) is 0. The van der Waals surface area contributed by atoms with E-state index in [0.29, 0.717) is 29.3 Å². The van der Waals surface area contributed by atoms with Gasteiger partial charge in [-0.25, -0.2) is 0 Å². The van der Waals surface area contributed by atoms with Gasteiger partial charge in [-0.05, 0) is 54.4 Å². The Kier molecular flexibility index (Phi) is 4.81. The fourth-order valence-electron chi connectivity index (χ4n) is 3.36. The summed E-state index contributed by atoms with van der Waals surface area (Å²) in [5.74, 6) is 0.954. The zero-order chi connectivity index (χ0) is 19.5. The van der Waals surface area contributed by atoms with Gasteiger partial charge in [0.25, 0.3) is 5.91 Å². The number of carbonyl (C=O) groups is 2. The van der Waals surface area contributed by atoms with Crippen molar-refractivity contribution in [2.45, 2.75) is 13.3 Å². The van der Waals surface area contributed by atoms with Crippen molar-refractivity contribution < 1.29 is 14.3 Å². The summed E-state index contributed by atoms with van der Waals surface area (Å²) in [6, 6.07) is 22.1. The highest BCUT2D eigenvalue weighted by Crippen LogP contribution is 2.31. The third kappa shape index (κ3) is 3.60. The van der Waals surface area contributed by atoms with Gasteiger partial charge in [0, 0.05) is 24.8 Å². The van der Waals surface area contributed by atoms with Gasteiger partial charge in [0.2, 0.25) is 5.91 Å². The van der Waals surface area contributed by atoms with Gasteiger partial charge in [0.05, 0.1) is 5.56 Å². The molecule has 0 saturated carbocycles. The van der Waals surface area contributed by atoms with Gasteiger partial charge in [-0.15, -0.1) is 0 Å². The van der Waals surface area contributed by atoms with Crippen LogP contribution in [-0.4, -0.2) is 18.4 Å². The maximum absolute atomic E-state index is 12.8. The van der Waals surface area contributed by atoms with Crippen LogP contribution in [0.25, 0.3) is 0 Å². The average molecular weight is 372 g/mol. The van der Waals surface area contributed by atoms with Gasteiger partial charge < -0.3 is 15.0 Å². The minimum atomic E-state index is -0.243. The van der Waals surface area contributed by atoms with Crippen LogP contribution in [-0.2, 0) is 11.2 Å². The molecule has 0 saturated heterocycles. The molecule has 0 radical (unpaired) electrons. The Morgan fingerprint density at radius 3 is 2.50 bits per heavy atom. The van der Waals surface area contributed by atoms with Gasteiger partial charge in [-0.2, -0.15) is 0 Å². The van der Waals surface area contributed by atoms with E-state index in [1.165, 1.54) is 0 Å². The van der Waals surface area contributed by atoms with E-state index in [1.807, 2.05) is 54.6 Å². The first-order valence-electron chi connectivity index (χ1n) is 9.16. The molecule has 3 aromatic carbocycles. The van der Waals surface area contributed by atoms with Crippen LogP contribution in [0.2, 0.25) is 0 Å².